The maximum absolute atomic E-state index is 14.8. The Morgan fingerprint density at radius 1 is 1.07 bits per heavy atom. The fraction of sp³-hybridized carbons (Fsp3) is 0.472. The van der Waals surface area contributed by atoms with Crippen LogP contribution in [0, 0.1) is 11.8 Å². The number of ether oxygens (including phenoxy) is 2. The Balaban J connectivity index is 1.60. The first-order valence-electron chi connectivity index (χ1n) is 15.9. The van der Waals surface area contributed by atoms with Gasteiger partial charge in [0.05, 0.1) is 37.2 Å². The van der Waals surface area contributed by atoms with E-state index in [1.54, 1.807) is 53.3 Å². The highest BCUT2D eigenvalue weighted by atomic mass is 16.5. The molecule has 2 bridgehead atoms. The second-order valence-corrected chi connectivity index (χ2v) is 12.3. The first-order valence-corrected chi connectivity index (χ1v) is 15.9. The van der Waals surface area contributed by atoms with E-state index in [0.717, 1.165) is 5.56 Å². The van der Waals surface area contributed by atoms with E-state index in [0.29, 0.717) is 50.2 Å². The second kappa shape index (κ2) is 13.2. The van der Waals surface area contributed by atoms with Gasteiger partial charge in [0.25, 0.3) is 5.91 Å². The minimum atomic E-state index is -1.22. The van der Waals surface area contributed by atoms with E-state index in [4.69, 9.17) is 9.47 Å². The van der Waals surface area contributed by atoms with Gasteiger partial charge in [0.2, 0.25) is 11.8 Å². The van der Waals surface area contributed by atoms with Crippen LogP contribution >= 0.6 is 0 Å². The van der Waals surface area contributed by atoms with Crippen molar-refractivity contribution in [2.45, 2.75) is 69.4 Å². The predicted molar refractivity (Wildman–Crippen MR) is 172 cm³/mol. The molecule has 2 unspecified atom stereocenters. The lowest BCUT2D eigenvalue weighted by atomic mass is 9.64. The molecule has 3 amide bonds. The number of hydrogen-bond acceptors (Lipinski definition) is 6. The topological polar surface area (TPSA) is 99.6 Å². The lowest BCUT2D eigenvalue weighted by Gasteiger charge is -2.39. The van der Waals surface area contributed by atoms with Crippen LogP contribution in [0.4, 0.5) is 5.69 Å². The molecule has 1 N–H and O–H groups in total. The zero-order chi connectivity index (χ0) is 32.4. The van der Waals surface area contributed by atoms with Crippen LogP contribution in [0.3, 0.4) is 0 Å². The van der Waals surface area contributed by atoms with Crippen molar-refractivity contribution in [1.82, 2.24) is 9.80 Å². The normalized spacial score (nSPS) is 27.2. The summed E-state index contributed by atoms with van der Waals surface area (Å²) in [6, 6.07) is 15.2. The summed E-state index contributed by atoms with van der Waals surface area (Å²) in [5.74, 6) is -1.81. The molecular formula is C36H45N3O6. The van der Waals surface area contributed by atoms with Crippen molar-refractivity contribution in [3.8, 4) is 5.75 Å². The van der Waals surface area contributed by atoms with E-state index in [-0.39, 0.29) is 30.9 Å². The van der Waals surface area contributed by atoms with Gasteiger partial charge in [-0.2, -0.15) is 0 Å². The van der Waals surface area contributed by atoms with Crippen LogP contribution in [0.25, 0.3) is 0 Å². The Morgan fingerprint density at radius 3 is 2.33 bits per heavy atom. The fourth-order valence-electron chi connectivity index (χ4n) is 7.87. The minimum absolute atomic E-state index is 0.177. The maximum Gasteiger partial charge on any atom is 0.253 e. The molecule has 3 aliphatic heterocycles. The molecule has 9 nitrogen and oxygen atoms in total. The van der Waals surface area contributed by atoms with Crippen molar-refractivity contribution < 1.29 is 29.0 Å². The monoisotopic (exact) mass is 615 g/mol. The third-order valence-corrected chi connectivity index (χ3v) is 10.0. The van der Waals surface area contributed by atoms with Crippen LogP contribution in [-0.4, -0.2) is 82.7 Å². The van der Waals surface area contributed by atoms with Gasteiger partial charge in [-0.3, -0.25) is 14.4 Å². The third kappa shape index (κ3) is 5.36. The number of amides is 3. The summed E-state index contributed by atoms with van der Waals surface area (Å²) >= 11 is 0. The molecule has 9 heteroatoms. The molecule has 3 heterocycles. The quantitative estimate of drug-likeness (QED) is 0.317. The lowest BCUT2D eigenvalue weighted by Crippen LogP contribution is -2.59. The third-order valence-electron chi connectivity index (χ3n) is 10.0. The van der Waals surface area contributed by atoms with E-state index in [2.05, 4.69) is 13.2 Å². The van der Waals surface area contributed by atoms with Gasteiger partial charge in [-0.1, -0.05) is 56.3 Å². The molecule has 0 aliphatic carbocycles. The van der Waals surface area contributed by atoms with Crippen LogP contribution in [0.2, 0.25) is 0 Å². The SMILES string of the molecule is C=CCN(Cc1ccccc1)C(=O)[C@H]1[C@H]2C(=O)N([C@@H](CC)CO)C(C(=O)N(CC=C)c3ccc(OC)cc3)C23CC[C@]1(CC)O3. The summed E-state index contributed by atoms with van der Waals surface area (Å²) in [5.41, 5.74) is -0.515. The first kappa shape index (κ1) is 32.4. The highest BCUT2D eigenvalue weighted by molar-refractivity contribution is 6.05. The van der Waals surface area contributed by atoms with Crippen molar-refractivity contribution >= 4 is 23.4 Å². The van der Waals surface area contributed by atoms with E-state index in [9.17, 15) is 19.5 Å². The summed E-state index contributed by atoms with van der Waals surface area (Å²) < 4.78 is 12.3. The Kier molecular flexibility index (Phi) is 9.51. The van der Waals surface area contributed by atoms with Crippen LogP contribution in [-0.2, 0) is 25.7 Å². The van der Waals surface area contributed by atoms with Crippen LogP contribution < -0.4 is 9.64 Å². The molecule has 0 aromatic heterocycles. The average molecular weight is 616 g/mol. The lowest BCUT2D eigenvalue weighted by molar-refractivity contribution is -0.154. The molecule has 240 valence electrons. The average Bonchev–Trinajstić information content (AvgIpc) is 3.68. The van der Waals surface area contributed by atoms with Crippen LogP contribution in [0.5, 0.6) is 5.75 Å². The number of fused-ring (bicyclic) bond motifs is 1. The van der Waals surface area contributed by atoms with Gasteiger partial charge in [-0.05, 0) is 55.5 Å². The molecule has 2 aromatic carbocycles. The number of carbonyl (C=O) groups excluding carboxylic acids is 3. The number of hydrogen-bond donors (Lipinski definition) is 1. The molecule has 3 fully saturated rings. The molecule has 1 spiro atoms. The molecule has 0 saturated carbocycles. The molecule has 2 aromatic rings. The summed E-state index contributed by atoms with van der Waals surface area (Å²) in [7, 11) is 1.58. The van der Waals surface area contributed by atoms with Crippen molar-refractivity contribution in [3.63, 3.8) is 0 Å². The van der Waals surface area contributed by atoms with Gasteiger partial charge in [-0.15, -0.1) is 13.2 Å². The molecule has 6 atom stereocenters. The van der Waals surface area contributed by atoms with E-state index < -0.39 is 35.1 Å². The minimum Gasteiger partial charge on any atom is -0.497 e. The molecular weight excluding hydrogens is 570 g/mol. The summed E-state index contributed by atoms with van der Waals surface area (Å²) in [6.45, 7) is 12.2. The molecule has 45 heavy (non-hydrogen) atoms. The Hall–Kier alpha value is -3.95. The fourth-order valence-corrected chi connectivity index (χ4v) is 7.87. The number of rotatable bonds is 14. The molecule has 3 aliphatic rings. The standard InChI is InChI=1S/C36H45N3O6/c1-6-21-37(23-25-13-11-10-12-14-25)32(41)29-30-33(42)39(26(8-3)24-40)31(36(30)20-19-35(29,9-4)45-36)34(43)38(22-7-2)27-15-17-28(44-5)18-16-27/h6-7,10-18,26,29-31,40H,1-2,8-9,19-24H2,3-5H3/t26-,29+,30-,31?,35-,36?/m0/s1. The largest absolute Gasteiger partial charge is 0.497 e. The Labute approximate surface area is 266 Å². The van der Waals surface area contributed by atoms with E-state index in [1.165, 1.54) is 4.90 Å². The van der Waals surface area contributed by atoms with Crippen LogP contribution in [0.1, 0.15) is 45.1 Å². The number of benzene rings is 2. The van der Waals surface area contributed by atoms with E-state index >= 15 is 0 Å². The van der Waals surface area contributed by atoms with Crippen molar-refractivity contribution in [3.05, 3.63) is 85.5 Å². The van der Waals surface area contributed by atoms with Crippen molar-refractivity contribution in [1.29, 1.82) is 0 Å². The predicted octanol–water partition coefficient (Wildman–Crippen LogP) is 4.35. The zero-order valence-electron chi connectivity index (χ0n) is 26.6. The summed E-state index contributed by atoms with van der Waals surface area (Å²) in [6.07, 6.45) is 5.31. The summed E-state index contributed by atoms with van der Waals surface area (Å²) in [4.78, 5) is 49.0. The van der Waals surface area contributed by atoms with Crippen molar-refractivity contribution in [2.24, 2.45) is 11.8 Å². The highest BCUT2D eigenvalue weighted by Crippen LogP contribution is 2.65. The smallest absolute Gasteiger partial charge is 0.253 e. The van der Waals surface area contributed by atoms with Gasteiger partial charge in [-0.25, -0.2) is 0 Å². The van der Waals surface area contributed by atoms with Crippen LogP contribution in [0.15, 0.2) is 79.9 Å². The second-order valence-electron chi connectivity index (χ2n) is 12.3. The number of carbonyl (C=O) groups is 3. The van der Waals surface area contributed by atoms with Gasteiger partial charge in [0.1, 0.15) is 17.4 Å². The van der Waals surface area contributed by atoms with Gasteiger partial charge in [0, 0.05) is 25.3 Å². The number of nitrogens with zero attached hydrogens (tertiary/aromatic N) is 3. The Bertz CT molecular complexity index is 1410. The molecule has 3 saturated heterocycles. The highest BCUT2D eigenvalue weighted by Gasteiger charge is 2.79. The number of anilines is 1. The van der Waals surface area contributed by atoms with Gasteiger partial charge >= 0.3 is 0 Å². The van der Waals surface area contributed by atoms with Gasteiger partial charge < -0.3 is 29.3 Å². The number of aliphatic hydroxyl groups is 1. The molecule has 0 radical (unpaired) electrons. The Morgan fingerprint density at radius 2 is 1.76 bits per heavy atom. The number of aliphatic hydroxyl groups excluding tert-OH is 1. The number of methoxy groups -OCH3 is 1. The van der Waals surface area contributed by atoms with E-state index in [1.807, 2.05) is 44.2 Å². The molecule has 5 rings (SSSR count). The number of likely N-dealkylation sites (tertiary alicyclic amines) is 1. The van der Waals surface area contributed by atoms with Gasteiger partial charge in [0.15, 0.2) is 0 Å². The maximum atomic E-state index is 14.8. The zero-order valence-corrected chi connectivity index (χ0v) is 26.6. The summed E-state index contributed by atoms with van der Waals surface area (Å²) in [5, 5.41) is 10.5. The first-order chi connectivity index (χ1) is 21.7. The van der Waals surface area contributed by atoms with Crippen molar-refractivity contribution in [2.75, 3.05) is 31.7 Å².